The standard InChI is InChI=1S/C10H7ClO4/c11-6-1-2-7-5(3-4-15-7)8(6)9(12)10(13)14/h1-2H,3-4H2,(H,13,14). The van der Waals surface area contributed by atoms with E-state index >= 15 is 0 Å². The van der Waals surface area contributed by atoms with E-state index in [4.69, 9.17) is 21.4 Å². The predicted molar refractivity (Wildman–Crippen MR) is 52.6 cm³/mol. The van der Waals surface area contributed by atoms with Crippen LogP contribution in [-0.2, 0) is 11.2 Å². The summed E-state index contributed by atoms with van der Waals surface area (Å²) in [6.07, 6.45) is 0.518. The van der Waals surface area contributed by atoms with Crippen LogP contribution in [0.2, 0.25) is 5.02 Å². The summed E-state index contributed by atoms with van der Waals surface area (Å²) in [5, 5.41) is 8.80. The van der Waals surface area contributed by atoms with E-state index in [1.165, 1.54) is 6.07 Å². The predicted octanol–water partition coefficient (Wildman–Crippen LogP) is 1.54. The Hall–Kier alpha value is -1.55. The Bertz CT molecular complexity index is 453. The zero-order valence-corrected chi connectivity index (χ0v) is 8.37. The SMILES string of the molecule is O=C(O)C(=O)c1c(Cl)ccc2c1CCO2. The second-order valence-corrected chi connectivity index (χ2v) is 3.54. The summed E-state index contributed by atoms with van der Waals surface area (Å²) in [6.45, 7) is 0.454. The molecule has 0 amide bonds. The third-order valence-corrected chi connectivity index (χ3v) is 2.56. The molecular formula is C10H7ClO4. The van der Waals surface area contributed by atoms with E-state index in [1.807, 2.05) is 0 Å². The number of ketones is 1. The summed E-state index contributed by atoms with van der Waals surface area (Å²) >= 11 is 5.81. The number of ether oxygens (including phenoxy) is 1. The molecule has 1 N–H and O–H groups in total. The average molecular weight is 227 g/mol. The number of benzene rings is 1. The number of fused-ring (bicyclic) bond motifs is 1. The highest BCUT2D eigenvalue weighted by Gasteiger charge is 2.26. The first-order chi connectivity index (χ1) is 7.11. The van der Waals surface area contributed by atoms with Gasteiger partial charge in [0.2, 0.25) is 0 Å². The Kier molecular flexibility index (Phi) is 2.36. The molecule has 1 heterocycles. The first-order valence-electron chi connectivity index (χ1n) is 4.33. The van der Waals surface area contributed by atoms with Gasteiger partial charge in [0, 0.05) is 12.0 Å². The first-order valence-corrected chi connectivity index (χ1v) is 4.71. The Labute approximate surface area is 90.4 Å². The minimum atomic E-state index is -1.50. The number of carboxylic acid groups (broad SMARTS) is 1. The molecule has 5 heteroatoms. The summed E-state index contributed by atoms with van der Waals surface area (Å²) in [5.41, 5.74) is 0.647. The lowest BCUT2D eigenvalue weighted by atomic mass is 10.0. The lowest BCUT2D eigenvalue weighted by Gasteiger charge is -2.05. The molecule has 1 aromatic carbocycles. The molecule has 1 aliphatic rings. The maximum atomic E-state index is 11.4. The van der Waals surface area contributed by atoms with Crippen LogP contribution in [0.4, 0.5) is 0 Å². The molecule has 0 fully saturated rings. The van der Waals surface area contributed by atoms with Gasteiger partial charge in [-0.3, -0.25) is 4.79 Å². The molecule has 78 valence electrons. The lowest BCUT2D eigenvalue weighted by Crippen LogP contribution is -2.15. The number of carbonyl (C=O) groups is 2. The zero-order valence-electron chi connectivity index (χ0n) is 7.62. The smallest absolute Gasteiger partial charge is 0.377 e. The van der Waals surface area contributed by atoms with Gasteiger partial charge in [-0.15, -0.1) is 0 Å². The Balaban J connectivity index is 2.60. The van der Waals surface area contributed by atoms with Crippen molar-refractivity contribution in [3.8, 4) is 5.75 Å². The maximum absolute atomic E-state index is 11.4. The third kappa shape index (κ3) is 1.57. The normalized spacial score (nSPS) is 13.1. The number of aliphatic carboxylic acids is 1. The van der Waals surface area contributed by atoms with E-state index in [0.717, 1.165) is 0 Å². The van der Waals surface area contributed by atoms with Crippen molar-refractivity contribution in [2.24, 2.45) is 0 Å². The third-order valence-electron chi connectivity index (χ3n) is 2.25. The molecule has 0 radical (unpaired) electrons. The van der Waals surface area contributed by atoms with Crippen molar-refractivity contribution in [3.63, 3.8) is 0 Å². The molecule has 0 unspecified atom stereocenters. The minimum absolute atomic E-state index is 0.0548. The fraction of sp³-hybridized carbons (Fsp3) is 0.200. The Morgan fingerprint density at radius 3 is 2.80 bits per heavy atom. The number of hydrogen-bond acceptors (Lipinski definition) is 3. The van der Waals surface area contributed by atoms with Gasteiger partial charge in [0.1, 0.15) is 5.75 Å². The van der Waals surface area contributed by atoms with Crippen molar-refractivity contribution in [1.29, 1.82) is 0 Å². The van der Waals surface area contributed by atoms with E-state index in [1.54, 1.807) is 6.07 Å². The Morgan fingerprint density at radius 2 is 2.13 bits per heavy atom. The molecule has 0 saturated heterocycles. The van der Waals surface area contributed by atoms with Gasteiger partial charge in [0.25, 0.3) is 5.78 Å². The molecule has 15 heavy (non-hydrogen) atoms. The second kappa shape index (κ2) is 3.55. The van der Waals surface area contributed by atoms with Crippen molar-refractivity contribution in [1.82, 2.24) is 0 Å². The highest BCUT2D eigenvalue weighted by molar-refractivity contribution is 6.45. The first kappa shape index (κ1) is 9.98. The number of rotatable bonds is 2. The zero-order chi connectivity index (χ0) is 11.0. The quantitative estimate of drug-likeness (QED) is 0.614. The van der Waals surface area contributed by atoms with Crippen molar-refractivity contribution in [2.45, 2.75) is 6.42 Å². The molecule has 0 aliphatic carbocycles. The van der Waals surface area contributed by atoms with Gasteiger partial charge < -0.3 is 9.84 Å². The van der Waals surface area contributed by atoms with Crippen molar-refractivity contribution in [3.05, 3.63) is 28.3 Å². The van der Waals surface area contributed by atoms with E-state index in [0.29, 0.717) is 24.3 Å². The number of Topliss-reactive ketones (excluding diaryl/α,β-unsaturated/α-hetero) is 1. The van der Waals surface area contributed by atoms with Crippen LogP contribution in [0.1, 0.15) is 15.9 Å². The molecule has 0 saturated carbocycles. The Morgan fingerprint density at radius 1 is 1.40 bits per heavy atom. The van der Waals surface area contributed by atoms with Gasteiger partial charge >= 0.3 is 5.97 Å². The second-order valence-electron chi connectivity index (χ2n) is 3.13. The fourth-order valence-corrected chi connectivity index (χ4v) is 1.86. The van der Waals surface area contributed by atoms with Gasteiger partial charge in [0.05, 0.1) is 17.2 Å². The van der Waals surface area contributed by atoms with E-state index in [9.17, 15) is 9.59 Å². The monoisotopic (exact) mass is 226 g/mol. The average Bonchev–Trinajstić information content (AvgIpc) is 2.64. The molecule has 0 spiro atoms. The van der Waals surface area contributed by atoms with Gasteiger partial charge in [-0.25, -0.2) is 4.79 Å². The maximum Gasteiger partial charge on any atom is 0.377 e. The number of hydrogen-bond donors (Lipinski definition) is 1. The topological polar surface area (TPSA) is 63.6 Å². The highest BCUT2D eigenvalue weighted by atomic mass is 35.5. The van der Waals surface area contributed by atoms with Crippen LogP contribution < -0.4 is 4.74 Å². The van der Waals surface area contributed by atoms with Crippen molar-refractivity contribution in [2.75, 3.05) is 6.61 Å². The lowest BCUT2D eigenvalue weighted by molar-refractivity contribution is -0.131. The molecular weight excluding hydrogens is 220 g/mol. The fourth-order valence-electron chi connectivity index (χ4n) is 1.60. The largest absolute Gasteiger partial charge is 0.493 e. The van der Waals surface area contributed by atoms with E-state index < -0.39 is 11.8 Å². The molecule has 2 rings (SSSR count). The van der Waals surface area contributed by atoms with Crippen LogP contribution in [0.25, 0.3) is 0 Å². The van der Waals surface area contributed by atoms with E-state index in [-0.39, 0.29) is 10.6 Å². The van der Waals surface area contributed by atoms with Gasteiger partial charge in [-0.05, 0) is 12.1 Å². The van der Waals surface area contributed by atoms with Crippen molar-refractivity contribution >= 4 is 23.4 Å². The number of carboxylic acids is 1. The van der Waals surface area contributed by atoms with Crippen LogP contribution in [0.3, 0.4) is 0 Å². The molecule has 0 aromatic heterocycles. The van der Waals surface area contributed by atoms with Crippen LogP contribution in [0, 0.1) is 0 Å². The summed E-state index contributed by atoms with van der Waals surface area (Å²) in [6, 6.07) is 3.12. The number of halogens is 1. The highest BCUT2D eigenvalue weighted by Crippen LogP contribution is 2.33. The van der Waals surface area contributed by atoms with Gasteiger partial charge in [-0.1, -0.05) is 11.6 Å². The molecule has 4 nitrogen and oxygen atoms in total. The van der Waals surface area contributed by atoms with Crippen LogP contribution >= 0.6 is 11.6 Å². The molecule has 0 bridgehead atoms. The van der Waals surface area contributed by atoms with Gasteiger partial charge in [0.15, 0.2) is 0 Å². The summed E-state index contributed by atoms with van der Waals surface area (Å²) in [4.78, 5) is 22.0. The van der Waals surface area contributed by atoms with Crippen LogP contribution in [0.5, 0.6) is 5.75 Å². The molecule has 0 atom stereocenters. The van der Waals surface area contributed by atoms with Crippen molar-refractivity contribution < 1.29 is 19.4 Å². The van der Waals surface area contributed by atoms with E-state index in [2.05, 4.69) is 0 Å². The number of carbonyl (C=O) groups excluding carboxylic acids is 1. The summed E-state index contributed by atoms with van der Waals surface area (Å²) in [5.74, 6) is -1.94. The van der Waals surface area contributed by atoms with Crippen LogP contribution in [-0.4, -0.2) is 23.5 Å². The minimum Gasteiger partial charge on any atom is -0.493 e. The van der Waals surface area contributed by atoms with Crippen LogP contribution in [0.15, 0.2) is 12.1 Å². The summed E-state index contributed by atoms with van der Waals surface area (Å²) in [7, 11) is 0. The molecule has 1 aliphatic heterocycles. The summed E-state index contributed by atoms with van der Waals surface area (Å²) < 4.78 is 5.22. The van der Waals surface area contributed by atoms with Gasteiger partial charge in [-0.2, -0.15) is 0 Å². The molecule has 1 aromatic rings.